The van der Waals surface area contributed by atoms with Crippen LogP contribution in [-0.4, -0.2) is 29.0 Å². The summed E-state index contributed by atoms with van der Waals surface area (Å²) < 4.78 is 5.36. The second-order valence-electron chi connectivity index (χ2n) is 5.59. The number of nitrogens with zero attached hydrogens (tertiary/aromatic N) is 1. The van der Waals surface area contributed by atoms with Gasteiger partial charge in [0, 0.05) is 6.07 Å². The number of benzene rings is 1. The number of nitro benzene ring substituents is 1. The largest absolute Gasteiger partial charge is 0.463 e. The highest BCUT2D eigenvalue weighted by Crippen LogP contribution is 2.23. The Balaban J connectivity index is 1.89. The summed E-state index contributed by atoms with van der Waals surface area (Å²) in [6.45, 7) is 3.09. The number of carbonyl (C=O) groups is 1. The summed E-state index contributed by atoms with van der Waals surface area (Å²) in [6.07, 6.45) is 0. The zero-order valence-corrected chi connectivity index (χ0v) is 13.4. The van der Waals surface area contributed by atoms with Crippen molar-refractivity contribution in [2.45, 2.75) is 19.4 Å². The minimum absolute atomic E-state index is 0.0443. The molecule has 0 bridgehead atoms. The number of aryl methyl sites for hydroxylation is 1. The van der Waals surface area contributed by atoms with Crippen LogP contribution in [0.15, 0.2) is 40.8 Å². The number of para-hydroxylation sites is 2. The van der Waals surface area contributed by atoms with Crippen LogP contribution in [-0.2, 0) is 10.4 Å². The smallest absolute Gasteiger partial charge is 0.292 e. The van der Waals surface area contributed by atoms with Crippen LogP contribution in [0.1, 0.15) is 18.4 Å². The van der Waals surface area contributed by atoms with Crippen LogP contribution < -0.4 is 10.6 Å². The van der Waals surface area contributed by atoms with Gasteiger partial charge in [0.15, 0.2) is 0 Å². The Morgan fingerprint density at radius 3 is 2.67 bits per heavy atom. The molecule has 0 spiro atoms. The highest BCUT2D eigenvalue weighted by Gasteiger charge is 2.27. The van der Waals surface area contributed by atoms with Crippen molar-refractivity contribution in [1.29, 1.82) is 0 Å². The first kappa shape index (κ1) is 17.5. The zero-order chi connectivity index (χ0) is 17.7. The number of aliphatic hydroxyl groups is 1. The highest BCUT2D eigenvalue weighted by atomic mass is 16.6. The normalized spacial score (nSPS) is 13.1. The first-order chi connectivity index (χ1) is 11.3. The van der Waals surface area contributed by atoms with E-state index in [-0.39, 0.29) is 24.5 Å². The number of hydrogen-bond acceptors (Lipinski definition) is 6. The van der Waals surface area contributed by atoms with E-state index >= 15 is 0 Å². The van der Waals surface area contributed by atoms with E-state index in [1.54, 1.807) is 31.2 Å². The van der Waals surface area contributed by atoms with E-state index in [0.29, 0.717) is 11.5 Å². The number of amides is 1. The molecule has 1 aromatic heterocycles. The monoisotopic (exact) mass is 333 g/mol. The van der Waals surface area contributed by atoms with Crippen molar-refractivity contribution in [3.63, 3.8) is 0 Å². The molecule has 8 nitrogen and oxygen atoms in total. The molecule has 3 N–H and O–H groups in total. The second-order valence-corrected chi connectivity index (χ2v) is 5.59. The number of rotatable bonds is 7. The summed E-state index contributed by atoms with van der Waals surface area (Å²) in [6, 6.07) is 9.43. The van der Waals surface area contributed by atoms with Gasteiger partial charge in [-0.15, -0.1) is 0 Å². The van der Waals surface area contributed by atoms with Crippen LogP contribution >= 0.6 is 0 Å². The molecule has 0 aliphatic rings. The summed E-state index contributed by atoms with van der Waals surface area (Å²) >= 11 is 0. The van der Waals surface area contributed by atoms with E-state index in [1.165, 1.54) is 19.1 Å². The lowest BCUT2D eigenvalue weighted by Gasteiger charge is -2.21. The SMILES string of the molecule is Cc1ccc(C(C)(O)CNC(=O)CNc2ccccc2[N+](=O)[O-])o1. The fourth-order valence-corrected chi connectivity index (χ4v) is 2.10. The molecule has 1 atom stereocenters. The van der Waals surface area contributed by atoms with E-state index < -0.39 is 16.4 Å². The van der Waals surface area contributed by atoms with Crippen LogP contribution in [0.25, 0.3) is 0 Å². The van der Waals surface area contributed by atoms with Crippen molar-refractivity contribution in [2.24, 2.45) is 0 Å². The Morgan fingerprint density at radius 2 is 2.04 bits per heavy atom. The Labute approximate surface area is 138 Å². The molecule has 0 aliphatic heterocycles. The molecule has 8 heteroatoms. The maximum absolute atomic E-state index is 11.9. The van der Waals surface area contributed by atoms with Gasteiger partial charge in [0.05, 0.1) is 18.0 Å². The quantitative estimate of drug-likeness (QED) is 0.526. The third-order valence-corrected chi connectivity index (χ3v) is 3.44. The van der Waals surface area contributed by atoms with E-state index in [9.17, 15) is 20.0 Å². The summed E-state index contributed by atoms with van der Waals surface area (Å²) in [7, 11) is 0. The lowest BCUT2D eigenvalue weighted by Crippen LogP contribution is -2.40. The van der Waals surface area contributed by atoms with Gasteiger partial charge in [0.25, 0.3) is 5.69 Å². The minimum atomic E-state index is -1.34. The topological polar surface area (TPSA) is 118 Å². The van der Waals surface area contributed by atoms with E-state index in [4.69, 9.17) is 4.42 Å². The Bertz CT molecular complexity index is 739. The lowest BCUT2D eigenvalue weighted by atomic mass is 10.0. The van der Waals surface area contributed by atoms with Gasteiger partial charge < -0.3 is 20.2 Å². The van der Waals surface area contributed by atoms with Crippen LogP contribution in [0.2, 0.25) is 0 Å². The average Bonchev–Trinajstić information content (AvgIpc) is 2.98. The van der Waals surface area contributed by atoms with Gasteiger partial charge in [-0.25, -0.2) is 0 Å². The van der Waals surface area contributed by atoms with Crippen LogP contribution in [0, 0.1) is 17.0 Å². The van der Waals surface area contributed by atoms with Gasteiger partial charge in [-0.05, 0) is 32.0 Å². The van der Waals surface area contributed by atoms with Gasteiger partial charge in [-0.1, -0.05) is 12.1 Å². The van der Waals surface area contributed by atoms with Crippen LogP contribution in [0.3, 0.4) is 0 Å². The molecule has 0 radical (unpaired) electrons. The number of carbonyl (C=O) groups excluding carboxylic acids is 1. The Kier molecular flexibility index (Phi) is 5.20. The van der Waals surface area contributed by atoms with Crippen molar-refractivity contribution < 1.29 is 19.2 Å². The first-order valence-electron chi connectivity index (χ1n) is 7.33. The minimum Gasteiger partial charge on any atom is -0.463 e. The van der Waals surface area contributed by atoms with E-state index in [0.717, 1.165) is 0 Å². The van der Waals surface area contributed by atoms with Crippen molar-refractivity contribution in [3.8, 4) is 0 Å². The summed E-state index contributed by atoms with van der Waals surface area (Å²) in [5.41, 5.74) is -1.20. The van der Waals surface area contributed by atoms with Crippen LogP contribution in [0.5, 0.6) is 0 Å². The third-order valence-electron chi connectivity index (χ3n) is 3.44. The van der Waals surface area contributed by atoms with Crippen molar-refractivity contribution in [2.75, 3.05) is 18.4 Å². The van der Waals surface area contributed by atoms with Gasteiger partial charge in [-0.2, -0.15) is 0 Å². The molecular weight excluding hydrogens is 314 g/mol. The van der Waals surface area contributed by atoms with Crippen molar-refractivity contribution in [1.82, 2.24) is 5.32 Å². The summed E-state index contributed by atoms with van der Waals surface area (Å²) in [5, 5.41) is 26.5. The number of nitrogens with one attached hydrogen (secondary N) is 2. The van der Waals surface area contributed by atoms with Crippen LogP contribution in [0.4, 0.5) is 11.4 Å². The molecule has 0 fully saturated rings. The van der Waals surface area contributed by atoms with Crippen molar-refractivity contribution in [3.05, 3.63) is 58.0 Å². The standard InChI is InChI=1S/C16H19N3O5/c1-11-7-8-14(24-11)16(2,21)10-18-15(20)9-17-12-5-3-4-6-13(12)19(22)23/h3-8,17,21H,9-10H2,1-2H3,(H,18,20). The molecule has 1 unspecified atom stereocenters. The fraction of sp³-hybridized carbons (Fsp3) is 0.312. The molecule has 1 heterocycles. The van der Waals surface area contributed by atoms with E-state index in [1.807, 2.05) is 0 Å². The summed E-state index contributed by atoms with van der Waals surface area (Å²) in [5.74, 6) is 0.610. The number of anilines is 1. The maximum atomic E-state index is 11.9. The highest BCUT2D eigenvalue weighted by molar-refractivity contribution is 5.81. The Hall–Kier alpha value is -2.87. The molecule has 0 saturated carbocycles. The van der Waals surface area contributed by atoms with Gasteiger partial charge in [0.2, 0.25) is 5.91 Å². The van der Waals surface area contributed by atoms with E-state index in [2.05, 4.69) is 10.6 Å². The molecular formula is C16H19N3O5. The van der Waals surface area contributed by atoms with Crippen molar-refractivity contribution >= 4 is 17.3 Å². The average molecular weight is 333 g/mol. The predicted molar refractivity (Wildman–Crippen MR) is 87.6 cm³/mol. The van der Waals surface area contributed by atoms with Gasteiger partial charge in [-0.3, -0.25) is 14.9 Å². The number of nitro groups is 1. The number of furan rings is 1. The maximum Gasteiger partial charge on any atom is 0.292 e. The zero-order valence-electron chi connectivity index (χ0n) is 13.4. The molecule has 0 saturated heterocycles. The molecule has 1 aromatic carbocycles. The third kappa shape index (κ3) is 4.32. The number of hydrogen-bond donors (Lipinski definition) is 3. The lowest BCUT2D eigenvalue weighted by molar-refractivity contribution is -0.383. The molecule has 1 amide bonds. The fourth-order valence-electron chi connectivity index (χ4n) is 2.10. The molecule has 2 rings (SSSR count). The first-order valence-corrected chi connectivity index (χ1v) is 7.33. The van der Waals surface area contributed by atoms with Gasteiger partial charge >= 0.3 is 0 Å². The molecule has 24 heavy (non-hydrogen) atoms. The predicted octanol–water partition coefficient (Wildman–Crippen LogP) is 1.93. The second kappa shape index (κ2) is 7.14. The molecule has 0 aliphatic carbocycles. The van der Waals surface area contributed by atoms with Gasteiger partial charge in [0.1, 0.15) is 22.8 Å². The molecule has 2 aromatic rings. The Morgan fingerprint density at radius 1 is 1.33 bits per heavy atom. The molecule has 128 valence electrons. The summed E-state index contributed by atoms with van der Waals surface area (Å²) in [4.78, 5) is 22.3.